The molecule has 0 aliphatic carbocycles. The molecule has 0 fully saturated rings. The van der Waals surface area contributed by atoms with Crippen LogP contribution in [-0.4, -0.2) is 10.7 Å². The predicted molar refractivity (Wildman–Crippen MR) is 50.5 cm³/mol. The highest BCUT2D eigenvalue weighted by molar-refractivity contribution is 6.54. The number of hydrogen-bond donors (Lipinski definition) is 1. The molecule has 0 saturated heterocycles. The summed E-state index contributed by atoms with van der Waals surface area (Å²) in [7, 11) is 0. The Labute approximate surface area is 84.6 Å². The SMILES string of the molecule is O=C(Nc1ccc(F)cc1)C(Cl)Cl. The van der Waals surface area contributed by atoms with Crippen LogP contribution in [0.15, 0.2) is 24.3 Å². The Hall–Kier alpha value is -0.800. The van der Waals surface area contributed by atoms with Crippen LogP contribution in [0.1, 0.15) is 0 Å². The number of halogens is 3. The number of nitrogens with one attached hydrogen (secondary N) is 1. The predicted octanol–water partition coefficient (Wildman–Crippen LogP) is 2.57. The maximum absolute atomic E-state index is 12.4. The normalized spacial score (nSPS) is 10.2. The van der Waals surface area contributed by atoms with Gasteiger partial charge in [0.05, 0.1) is 0 Å². The third kappa shape index (κ3) is 3.20. The zero-order valence-electron chi connectivity index (χ0n) is 6.43. The van der Waals surface area contributed by atoms with E-state index in [1.807, 2.05) is 0 Å². The van der Waals surface area contributed by atoms with Crippen LogP contribution in [0.3, 0.4) is 0 Å². The molecule has 1 aromatic carbocycles. The summed E-state index contributed by atoms with van der Waals surface area (Å²) in [5.41, 5.74) is 0.456. The zero-order chi connectivity index (χ0) is 9.84. The van der Waals surface area contributed by atoms with Crippen molar-refractivity contribution in [2.24, 2.45) is 0 Å². The summed E-state index contributed by atoms with van der Waals surface area (Å²) < 4.78 is 12.4. The van der Waals surface area contributed by atoms with Crippen molar-refractivity contribution < 1.29 is 9.18 Å². The molecule has 0 bridgehead atoms. The number of anilines is 1. The van der Waals surface area contributed by atoms with Crippen molar-refractivity contribution in [1.82, 2.24) is 0 Å². The van der Waals surface area contributed by atoms with Crippen LogP contribution in [-0.2, 0) is 4.79 Å². The van der Waals surface area contributed by atoms with E-state index < -0.39 is 10.7 Å². The van der Waals surface area contributed by atoms with Gasteiger partial charge in [-0.15, -0.1) is 0 Å². The topological polar surface area (TPSA) is 29.1 Å². The standard InChI is InChI=1S/C8H6Cl2FNO/c9-7(10)8(13)12-6-3-1-5(11)2-4-6/h1-4,7H,(H,12,13). The first kappa shape index (κ1) is 10.3. The van der Waals surface area contributed by atoms with Crippen molar-refractivity contribution in [2.75, 3.05) is 5.32 Å². The number of carbonyl (C=O) groups is 1. The van der Waals surface area contributed by atoms with E-state index in [9.17, 15) is 9.18 Å². The molecule has 1 N–H and O–H groups in total. The molecule has 0 aliphatic heterocycles. The van der Waals surface area contributed by atoms with E-state index >= 15 is 0 Å². The van der Waals surface area contributed by atoms with Gasteiger partial charge in [0.15, 0.2) is 4.84 Å². The van der Waals surface area contributed by atoms with E-state index in [-0.39, 0.29) is 5.82 Å². The molecule has 0 saturated carbocycles. The molecule has 0 atom stereocenters. The fourth-order valence-electron chi connectivity index (χ4n) is 0.730. The van der Waals surface area contributed by atoms with Gasteiger partial charge in [-0.3, -0.25) is 4.79 Å². The summed E-state index contributed by atoms with van der Waals surface area (Å²) in [5, 5.41) is 2.40. The van der Waals surface area contributed by atoms with Crippen LogP contribution < -0.4 is 5.32 Å². The third-order valence-corrected chi connectivity index (χ3v) is 1.71. The van der Waals surface area contributed by atoms with Crippen LogP contribution in [0.25, 0.3) is 0 Å². The van der Waals surface area contributed by atoms with Gasteiger partial charge in [-0.2, -0.15) is 0 Å². The Bertz CT molecular complexity index is 300. The Balaban J connectivity index is 2.65. The minimum absolute atomic E-state index is 0.369. The van der Waals surface area contributed by atoms with Crippen LogP contribution in [0.2, 0.25) is 0 Å². The highest BCUT2D eigenvalue weighted by Gasteiger charge is 2.10. The van der Waals surface area contributed by atoms with Crippen molar-refractivity contribution in [3.8, 4) is 0 Å². The van der Waals surface area contributed by atoms with Gasteiger partial charge in [-0.05, 0) is 24.3 Å². The molecular weight excluding hydrogens is 216 g/mol. The number of carbonyl (C=O) groups excluding carboxylic acids is 1. The Morgan fingerprint density at radius 1 is 1.31 bits per heavy atom. The van der Waals surface area contributed by atoms with Gasteiger partial charge in [-0.25, -0.2) is 4.39 Å². The van der Waals surface area contributed by atoms with Crippen LogP contribution in [0, 0.1) is 5.82 Å². The van der Waals surface area contributed by atoms with E-state index in [0.29, 0.717) is 5.69 Å². The first-order valence-corrected chi connectivity index (χ1v) is 4.31. The number of benzene rings is 1. The van der Waals surface area contributed by atoms with Gasteiger partial charge < -0.3 is 5.32 Å². The fraction of sp³-hybridized carbons (Fsp3) is 0.125. The summed E-state index contributed by atoms with van der Waals surface area (Å²) in [4.78, 5) is 9.81. The lowest BCUT2D eigenvalue weighted by atomic mass is 10.3. The molecule has 0 radical (unpaired) electrons. The molecule has 0 spiro atoms. The molecule has 13 heavy (non-hydrogen) atoms. The number of amides is 1. The number of rotatable bonds is 2. The van der Waals surface area contributed by atoms with E-state index in [1.165, 1.54) is 24.3 Å². The van der Waals surface area contributed by atoms with E-state index in [1.54, 1.807) is 0 Å². The van der Waals surface area contributed by atoms with Gasteiger partial charge in [0.1, 0.15) is 5.82 Å². The average Bonchev–Trinajstić information content (AvgIpc) is 2.08. The second kappa shape index (κ2) is 4.44. The van der Waals surface area contributed by atoms with Gasteiger partial charge in [0, 0.05) is 5.69 Å². The van der Waals surface area contributed by atoms with Crippen molar-refractivity contribution in [1.29, 1.82) is 0 Å². The summed E-state index contributed by atoms with van der Waals surface area (Å²) >= 11 is 10.6. The first-order valence-electron chi connectivity index (χ1n) is 3.44. The molecule has 0 aromatic heterocycles. The van der Waals surface area contributed by atoms with Gasteiger partial charge in [0.2, 0.25) is 0 Å². The molecular formula is C8H6Cl2FNO. The second-order valence-corrected chi connectivity index (χ2v) is 3.39. The third-order valence-electron chi connectivity index (χ3n) is 1.31. The second-order valence-electron chi connectivity index (χ2n) is 2.30. The Kier molecular flexibility index (Phi) is 3.51. The fourth-order valence-corrected chi connectivity index (χ4v) is 0.839. The molecule has 1 aromatic rings. The molecule has 2 nitrogen and oxygen atoms in total. The highest BCUT2D eigenvalue weighted by Crippen LogP contribution is 2.11. The van der Waals surface area contributed by atoms with Crippen molar-refractivity contribution >= 4 is 34.8 Å². The minimum atomic E-state index is -1.12. The lowest BCUT2D eigenvalue weighted by Crippen LogP contribution is -2.18. The van der Waals surface area contributed by atoms with E-state index in [2.05, 4.69) is 5.32 Å². The van der Waals surface area contributed by atoms with Gasteiger partial charge >= 0.3 is 0 Å². The monoisotopic (exact) mass is 221 g/mol. The van der Waals surface area contributed by atoms with E-state index in [4.69, 9.17) is 23.2 Å². The summed E-state index contributed by atoms with van der Waals surface area (Å²) in [6.07, 6.45) is 0. The van der Waals surface area contributed by atoms with Crippen molar-refractivity contribution in [3.63, 3.8) is 0 Å². The average molecular weight is 222 g/mol. The maximum Gasteiger partial charge on any atom is 0.257 e. The van der Waals surface area contributed by atoms with Crippen LogP contribution in [0.4, 0.5) is 10.1 Å². The number of hydrogen-bond acceptors (Lipinski definition) is 1. The summed E-state index contributed by atoms with van der Waals surface area (Å²) in [5.74, 6) is -0.902. The van der Waals surface area contributed by atoms with Crippen LogP contribution >= 0.6 is 23.2 Å². The lowest BCUT2D eigenvalue weighted by molar-refractivity contribution is -0.114. The largest absolute Gasteiger partial charge is 0.324 e. The van der Waals surface area contributed by atoms with Gasteiger partial charge in [-0.1, -0.05) is 23.2 Å². The lowest BCUT2D eigenvalue weighted by Gasteiger charge is -2.04. The molecule has 0 heterocycles. The summed E-state index contributed by atoms with van der Waals surface area (Å²) in [6, 6.07) is 5.30. The highest BCUT2D eigenvalue weighted by atomic mass is 35.5. The number of alkyl halides is 2. The molecule has 1 rings (SSSR count). The first-order chi connectivity index (χ1) is 6.09. The molecule has 5 heteroatoms. The smallest absolute Gasteiger partial charge is 0.257 e. The summed E-state index contributed by atoms with van der Waals surface area (Å²) in [6.45, 7) is 0. The molecule has 1 amide bonds. The molecule has 70 valence electrons. The van der Waals surface area contributed by atoms with Gasteiger partial charge in [0.25, 0.3) is 5.91 Å². The van der Waals surface area contributed by atoms with Crippen molar-refractivity contribution in [2.45, 2.75) is 4.84 Å². The molecule has 0 aliphatic rings. The Morgan fingerprint density at radius 2 is 1.85 bits per heavy atom. The quantitative estimate of drug-likeness (QED) is 0.765. The maximum atomic E-state index is 12.4. The molecule has 0 unspecified atom stereocenters. The zero-order valence-corrected chi connectivity index (χ0v) is 7.94. The van der Waals surface area contributed by atoms with Crippen LogP contribution in [0.5, 0.6) is 0 Å². The Morgan fingerprint density at radius 3 is 2.31 bits per heavy atom. The van der Waals surface area contributed by atoms with Crippen molar-refractivity contribution in [3.05, 3.63) is 30.1 Å². The minimum Gasteiger partial charge on any atom is -0.324 e. The van der Waals surface area contributed by atoms with E-state index in [0.717, 1.165) is 0 Å².